The molecule has 3 amide bonds. The van der Waals surface area contributed by atoms with Crippen molar-refractivity contribution in [2.75, 3.05) is 19.6 Å². The Morgan fingerprint density at radius 2 is 1.92 bits per heavy atom. The van der Waals surface area contributed by atoms with Crippen molar-refractivity contribution in [3.8, 4) is 6.07 Å². The second kappa shape index (κ2) is 11.5. The molecule has 0 bridgehead atoms. The fourth-order valence-electron chi connectivity index (χ4n) is 4.57. The van der Waals surface area contributed by atoms with Crippen molar-refractivity contribution in [3.05, 3.63) is 34.6 Å². The quantitative estimate of drug-likeness (QED) is 0.207. The molecule has 1 aliphatic heterocycles. The molecule has 2 unspecified atom stereocenters. The molecule has 0 saturated carbocycles. The van der Waals surface area contributed by atoms with Crippen LogP contribution in [0.4, 0.5) is 13.2 Å². The summed E-state index contributed by atoms with van der Waals surface area (Å²) in [5.41, 5.74) is 11.4. The number of likely N-dealkylation sites (tertiary alicyclic amines) is 1. The van der Waals surface area contributed by atoms with E-state index < -0.39 is 41.4 Å². The van der Waals surface area contributed by atoms with Crippen LogP contribution in [-0.2, 0) is 14.4 Å². The normalized spacial score (nSPS) is 22.9. The Hall–Kier alpha value is -3.43. The molecular weight excluding hydrogens is 476 g/mol. The molecule has 2 radical (unpaired) electrons. The molecule has 9 nitrogen and oxygen atoms in total. The van der Waals surface area contributed by atoms with E-state index in [0.29, 0.717) is 17.6 Å². The van der Waals surface area contributed by atoms with E-state index in [0.717, 1.165) is 0 Å². The summed E-state index contributed by atoms with van der Waals surface area (Å²) in [6, 6.07) is 0.736. The predicted molar refractivity (Wildman–Crippen MR) is 128 cm³/mol. The minimum atomic E-state index is -5.09. The van der Waals surface area contributed by atoms with E-state index in [4.69, 9.17) is 19.3 Å². The molecule has 1 rings (SSSR count). The largest absolute Gasteiger partial charge is 0.471 e. The highest BCUT2D eigenvalue weighted by molar-refractivity contribution is 6.21. The summed E-state index contributed by atoms with van der Waals surface area (Å²) < 4.78 is 37.5. The first-order chi connectivity index (χ1) is 16.5. The first kappa shape index (κ1) is 30.6. The van der Waals surface area contributed by atoms with Gasteiger partial charge in [-0.25, -0.2) is 0 Å². The van der Waals surface area contributed by atoms with E-state index in [1.165, 1.54) is 4.90 Å². The van der Waals surface area contributed by atoms with Crippen LogP contribution >= 0.6 is 0 Å². The van der Waals surface area contributed by atoms with Crippen LogP contribution in [0.3, 0.4) is 0 Å². The molecule has 1 saturated heterocycles. The third kappa shape index (κ3) is 6.22. The van der Waals surface area contributed by atoms with Crippen LogP contribution in [0.15, 0.2) is 34.6 Å². The Morgan fingerprint density at radius 1 is 1.33 bits per heavy atom. The van der Waals surface area contributed by atoms with Crippen molar-refractivity contribution in [3.63, 3.8) is 0 Å². The molecule has 13 heteroatoms. The third-order valence-corrected chi connectivity index (χ3v) is 7.04. The lowest BCUT2D eigenvalue weighted by molar-refractivity contribution is -0.174. The molecule has 0 spiro atoms. The lowest BCUT2D eigenvalue weighted by atomic mass is 9.56. The van der Waals surface area contributed by atoms with Gasteiger partial charge in [0, 0.05) is 18.7 Å². The zero-order chi connectivity index (χ0) is 28.1. The van der Waals surface area contributed by atoms with E-state index in [1.807, 2.05) is 33.8 Å². The molecule has 0 aromatic heterocycles. The molecule has 36 heavy (non-hydrogen) atoms. The minimum absolute atomic E-state index is 0.0104. The molecule has 1 aliphatic rings. The van der Waals surface area contributed by atoms with Crippen molar-refractivity contribution in [2.45, 2.75) is 46.8 Å². The number of nitriles is 1. The average Bonchev–Trinajstić information content (AvgIpc) is 3.09. The Balaban J connectivity index is 3.45. The minimum Gasteiger partial charge on any atom is -0.410 e. The standard InChI is InChI=1S/C23H32BF3N6O3/c1-6-7-14(18(29)15(8-28)32-12-34)17(19(24)30)21(3,4)22(5)11-33(10-13(22)2)16(35)9-31-20(36)23(25,26)27/h6-7,12-13,15H,9-11,29-30H2,1-5H3,(H,31,36)(H,32,34)/b7-6-,18-14-,19-17+/t13-,15?,22?/m0/s1. The molecule has 0 aliphatic carbocycles. The van der Waals surface area contributed by atoms with Gasteiger partial charge in [0.25, 0.3) is 0 Å². The summed E-state index contributed by atoms with van der Waals surface area (Å²) in [4.78, 5) is 36.1. The number of amides is 3. The van der Waals surface area contributed by atoms with Gasteiger partial charge >= 0.3 is 12.1 Å². The lowest BCUT2D eigenvalue weighted by Gasteiger charge is -2.47. The fraction of sp³-hybridized carbons (Fsp3) is 0.565. The van der Waals surface area contributed by atoms with E-state index in [2.05, 4.69) is 5.32 Å². The van der Waals surface area contributed by atoms with Gasteiger partial charge in [0.15, 0.2) is 6.04 Å². The van der Waals surface area contributed by atoms with Crippen LogP contribution in [0.1, 0.15) is 34.6 Å². The van der Waals surface area contributed by atoms with Gasteiger partial charge in [-0.1, -0.05) is 39.8 Å². The molecule has 0 aromatic carbocycles. The van der Waals surface area contributed by atoms with Crippen molar-refractivity contribution in [2.24, 2.45) is 28.2 Å². The van der Waals surface area contributed by atoms with Crippen molar-refractivity contribution in [1.82, 2.24) is 15.5 Å². The Kier molecular flexibility index (Phi) is 9.81. The second-order valence-corrected chi connectivity index (χ2v) is 9.44. The van der Waals surface area contributed by atoms with Gasteiger partial charge in [0.1, 0.15) is 7.85 Å². The van der Waals surface area contributed by atoms with Crippen LogP contribution in [-0.4, -0.2) is 62.8 Å². The zero-order valence-corrected chi connectivity index (χ0v) is 21.0. The Bertz CT molecular complexity index is 1010. The number of rotatable bonds is 9. The molecule has 1 fully saturated rings. The third-order valence-electron chi connectivity index (χ3n) is 7.04. The number of nitrogens with zero attached hydrogens (tertiary/aromatic N) is 2. The van der Waals surface area contributed by atoms with E-state index in [1.54, 1.807) is 24.4 Å². The SMILES string of the molecule is [B]/C(N)=C(C(/C=C\C)=C(\N)C(C#N)NC=O)\C(C)(C)C1(C)CN(C(=O)CNC(=O)C(F)(F)F)C[C@@H]1C. The van der Waals surface area contributed by atoms with Crippen LogP contribution in [0, 0.1) is 28.1 Å². The number of halogens is 3. The van der Waals surface area contributed by atoms with Gasteiger partial charge in [-0.15, -0.1) is 0 Å². The van der Waals surface area contributed by atoms with Crippen molar-refractivity contribution >= 4 is 26.1 Å². The van der Waals surface area contributed by atoms with Crippen molar-refractivity contribution in [1.29, 1.82) is 5.26 Å². The van der Waals surface area contributed by atoms with E-state index in [9.17, 15) is 32.8 Å². The second-order valence-electron chi connectivity index (χ2n) is 9.44. The topological polar surface area (TPSA) is 154 Å². The van der Waals surface area contributed by atoms with Crippen LogP contribution in [0.2, 0.25) is 0 Å². The lowest BCUT2D eigenvalue weighted by Crippen LogP contribution is -2.47. The first-order valence-electron chi connectivity index (χ1n) is 11.1. The first-order valence-corrected chi connectivity index (χ1v) is 11.1. The number of hydrogen-bond donors (Lipinski definition) is 4. The summed E-state index contributed by atoms with van der Waals surface area (Å²) in [6.45, 7) is 8.68. The summed E-state index contributed by atoms with van der Waals surface area (Å²) in [5, 5.41) is 13.4. The number of carbonyl (C=O) groups is 3. The molecule has 3 atom stereocenters. The number of alkyl halides is 3. The number of hydrogen-bond acceptors (Lipinski definition) is 6. The monoisotopic (exact) mass is 508 g/mol. The maximum Gasteiger partial charge on any atom is 0.471 e. The van der Waals surface area contributed by atoms with Gasteiger partial charge in [0.2, 0.25) is 12.3 Å². The summed E-state index contributed by atoms with van der Waals surface area (Å²) in [5.74, 6) is -3.05. The summed E-state index contributed by atoms with van der Waals surface area (Å²) >= 11 is 0. The highest BCUT2D eigenvalue weighted by Gasteiger charge is 2.53. The van der Waals surface area contributed by atoms with Gasteiger partial charge < -0.3 is 27.0 Å². The molecule has 0 aromatic rings. The molecule has 1 heterocycles. The molecule has 196 valence electrons. The van der Waals surface area contributed by atoms with Crippen molar-refractivity contribution < 1.29 is 27.6 Å². The van der Waals surface area contributed by atoms with E-state index >= 15 is 0 Å². The Morgan fingerprint density at radius 3 is 2.36 bits per heavy atom. The smallest absolute Gasteiger partial charge is 0.410 e. The highest BCUT2D eigenvalue weighted by Crippen LogP contribution is 2.55. The van der Waals surface area contributed by atoms with Crippen LogP contribution < -0.4 is 22.1 Å². The maximum atomic E-state index is 12.7. The van der Waals surface area contributed by atoms with Gasteiger partial charge in [-0.3, -0.25) is 14.4 Å². The number of nitrogens with one attached hydrogen (secondary N) is 2. The van der Waals surface area contributed by atoms with Gasteiger partial charge in [-0.05, 0) is 34.8 Å². The maximum absolute atomic E-state index is 12.7. The zero-order valence-electron chi connectivity index (χ0n) is 21.0. The predicted octanol–water partition coefficient (Wildman–Crippen LogP) is 0.942. The fourth-order valence-corrected chi connectivity index (χ4v) is 4.57. The average molecular weight is 508 g/mol. The van der Waals surface area contributed by atoms with Crippen LogP contribution in [0.25, 0.3) is 0 Å². The Labute approximate surface area is 210 Å². The summed E-state index contributed by atoms with van der Waals surface area (Å²) in [6.07, 6.45) is -1.48. The van der Waals surface area contributed by atoms with Gasteiger partial charge in [-0.2, -0.15) is 18.4 Å². The van der Waals surface area contributed by atoms with E-state index in [-0.39, 0.29) is 30.3 Å². The van der Waals surface area contributed by atoms with Crippen LogP contribution in [0.5, 0.6) is 0 Å². The molecular formula is C23H32BF3N6O3. The number of nitrogens with two attached hydrogens (primary N) is 2. The molecule has 6 N–H and O–H groups in total. The number of allylic oxidation sites excluding steroid dienone is 4. The number of carbonyl (C=O) groups excluding carboxylic acids is 3. The summed E-state index contributed by atoms with van der Waals surface area (Å²) in [7, 11) is 6.12. The highest BCUT2D eigenvalue weighted by atomic mass is 19.4. The van der Waals surface area contributed by atoms with Gasteiger partial charge in [0.05, 0.1) is 18.3 Å².